The average molecular weight is 454 g/mol. The fourth-order valence-electron chi connectivity index (χ4n) is 4.89. The third kappa shape index (κ3) is 4.36. The van der Waals surface area contributed by atoms with E-state index in [1.807, 2.05) is 30.6 Å². The summed E-state index contributed by atoms with van der Waals surface area (Å²) in [6, 6.07) is 7.81. The Bertz CT molecular complexity index is 1020. The predicted molar refractivity (Wildman–Crippen MR) is 125 cm³/mol. The molecule has 2 unspecified atom stereocenters. The van der Waals surface area contributed by atoms with Crippen molar-refractivity contribution in [3.63, 3.8) is 0 Å². The van der Waals surface area contributed by atoms with Gasteiger partial charge in [-0.25, -0.2) is 9.98 Å². The Kier molecular flexibility index (Phi) is 5.86. The molecule has 0 spiro atoms. The van der Waals surface area contributed by atoms with Crippen molar-refractivity contribution in [2.75, 3.05) is 26.2 Å². The largest absolute Gasteiger partial charge is 0.632 e. The van der Waals surface area contributed by atoms with Gasteiger partial charge in [0.2, 0.25) is 0 Å². The Balaban J connectivity index is 1.37. The lowest BCUT2D eigenvalue weighted by atomic mass is 10.1. The quantitative estimate of drug-likeness (QED) is 0.411. The number of pyridine rings is 2. The number of rotatable bonds is 5. The number of nitrogens with zero attached hydrogens (tertiary/aromatic N) is 5. The molecule has 0 radical (unpaired) electrons. The first-order chi connectivity index (χ1) is 15.5. The second-order valence-electron chi connectivity index (χ2n) is 8.72. The normalized spacial score (nSPS) is 27.0. The van der Waals surface area contributed by atoms with E-state index in [4.69, 9.17) is 16.6 Å². The molecule has 2 saturated heterocycles. The molecular weight excluding hydrogens is 426 g/mol. The molecule has 0 bridgehead atoms. The van der Waals surface area contributed by atoms with Gasteiger partial charge < -0.3 is 20.1 Å². The van der Waals surface area contributed by atoms with Gasteiger partial charge in [-0.05, 0) is 43.7 Å². The van der Waals surface area contributed by atoms with Crippen LogP contribution in [0.5, 0.6) is 0 Å². The van der Waals surface area contributed by atoms with Crippen LogP contribution in [0.1, 0.15) is 25.3 Å². The summed E-state index contributed by atoms with van der Waals surface area (Å²) in [5.41, 5.74) is 3.65. The van der Waals surface area contributed by atoms with Gasteiger partial charge in [0, 0.05) is 36.3 Å². The molecule has 3 aliphatic heterocycles. The Labute approximate surface area is 193 Å². The molecule has 5 heterocycles. The van der Waals surface area contributed by atoms with Crippen LogP contribution in [0.15, 0.2) is 53.4 Å². The summed E-state index contributed by atoms with van der Waals surface area (Å²) in [5, 5.41) is 21.1. The lowest BCUT2D eigenvalue weighted by Crippen LogP contribution is -2.47. The molecule has 5 rings (SSSR count). The number of nitrogens with one attached hydrogen (secondary N) is 2. The highest BCUT2D eigenvalue weighted by atomic mass is 35.5. The van der Waals surface area contributed by atoms with Crippen LogP contribution in [-0.2, 0) is 6.54 Å². The molecule has 0 amide bonds. The zero-order valence-electron chi connectivity index (χ0n) is 18.2. The maximum atomic E-state index is 14.0. The lowest BCUT2D eigenvalue weighted by molar-refractivity contribution is -0.889. The van der Waals surface area contributed by atoms with Gasteiger partial charge in [-0.3, -0.25) is 10.3 Å². The number of hydrogen-bond donors (Lipinski definition) is 2. The van der Waals surface area contributed by atoms with Crippen LogP contribution in [0.25, 0.3) is 11.3 Å². The fraction of sp³-hybridized carbons (Fsp3) is 0.435. The molecule has 8 nitrogen and oxygen atoms in total. The first kappa shape index (κ1) is 21.3. The number of amidine groups is 1. The molecule has 2 fully saturated rings. The van der Waals surface area contributed by atoms with Gasteiger partial charge in [-0.2, -0.15) is 0 Å². The summed E-state index contributed by atoms with van der Waals surface area (Å²) >= 11 is 5.88. The molecular formula is C23H28ClN7O. The molecule has 2 aromatic heterocycles. The number of quaternary nitrogens is 1. The van der Waals surface area contributed by atoms with Crippen molar-refractivity contribution < 1.29 is 4.65 Å². The molecule has 168 valence electrons. The van der Waals surface area contributed by atoms with Crippen LogP contribution < -0.4 is 10.6 Å². The van der Waals surface area contributed by atoms with Gasteiger partial charge in [-0.1, -0.05) is 18.5 Å². The Hall–Kier alpha value is -2.52. The van der Waals surface area contributed by atoms with Gasteiger partial charge in [0.1, 0.15) is 24.1 Å². The summed E-state index contributed by atoms with van der Waals surface area (Å²) < 4.78 is -0.302. The molecule has 2 N–H and O–H groups in total. The van der Waals surface area contributed by atoms with Crippen LogP contribution in [-0.4, -0.2) is 63.9 Å². The van der Waals surface area contributed by atoms with Crippen LogP contribution in [0.3, 0.4) is 0 Å². The number of aliphatic imine (C=N–C) groups is 1. The van der Waals surface area contributed by atoms with E-state index in [1.165, 1.54) is 0 Å². The highest BCUT2D eigenvalue weighted by molar-refractivity contribution is 6.29. The topological polar surface area (TPSA) is 88.5 Å². The van der Waals surface area contributed by atoms with E-state index in [0.717, 1.165) is 54.2 Å². The van der Waals surface area contributed by atoms with E-state index in [2.05, 4.69) is 32.4 Å². The van der Waals surface area contributed by atoms with Gasteiger partial charge in [-0.15, -0.1) is 0 Å². The first-order valence-corrected chi connectivity index (χ1v) is 11.6. The molecule has 3 atom stereocenters. The minimum absolute atomic E-state index is 0.134. The molecule has 3 aliphatic rings. The predicted octanol–water partition coefficient (Wildman–Crippen LogP) is 2.87. The Morgan fingerprint density at radius 1 is 1.25 bits per heavy atom. The van der Waals surface area contributed by atoms with E-state index in [9.17, 15) is 5.21 Å². The van der Waals surface area contributed by atoms with Crippen LogP contribution in [0.4, 0.5) is 0 Å². The molecule has 0 saturated carbocycles. The monoisotopic (exact) mass is 453 g/mol. The number of aromatic nitrogens is 2. The third-order valence-corrected chi connectivity index (χ3v) is 6.54. The summed E-state index contributed by atoms with van der Waals surface area (Å²) in [5.74, 6) is 0.983. The van der Waals surface area contributed by atoms with E-state index in [-0.39, 0.29) is 17.0 Å². The van der Waals surface area contributed by atoms with Crippen molar-refractivity contribution in [1.29, 1.82) is 0 Å². The SMILES string of the molecule is CCN[C@@H]1N=C2C(=CN1)C[N+]([O-])(Cc1ccc(-c3ccc(Cl)nc3)nc1)CC1CCCN21. The standard InChI is InChI=1S/C23H28ClN7O/c1-2-25-23-28-12-18-14-31(32,15-19-4-3-9-30(19)22(18)29-23)13-16-5-7-20(26-10-16)17-6-8-21(24)27-11-17/h5-8,10-12,19,23,25,28H,2-4,9,13-15H2,1H3/t19?,23-,31?/m0/s1. The van der Waals surface area contributed by atoms with Gasteiger partial charge in [0.25, 0.3) is 0 Å². The van der Waals surface area contributed by atoms with E-state index < -0.39 is 0 Å². The number of hydrogen-bond acceptors (Lipinski definition) is 7. The molecule has 0 aliphatic carbocycles. The van der Waals surface area contributed by atoms with Crippen molar-refractivity contribution in [2.45, 2.75) is 38.6 Å². The Morgan fingerprint density at radius 2 is 2.16 bits per heavy atom. The summed E-state index contributed by atoms with van der Waals surface area (Å²) in [7, 11) is 0. The van der Waals surface area contributed by atoms with Crippen molar-refractivity contribution in [2.24, 2.45) is 4.99 Å². The summed E-state index contributed by atoms with van der Waals surface area (Å²) in [6.45, 7) is 5.21. The highest BCUT2D eigenvalue weighted by Gasteiger charge is 2.40. The second kappa shape index (κ2) is 8.78. The van der Waals surface area contributed by atoms with Crippen LogP contribution in [0.2, 0.25) is 5.15 Å². The molecule has 2 aromatic rings. The number of hydroxylamine groups is 3. The highest BCUT2D eigenvalue weighted by Crippen LogP contribution is 2.31. The number of halogens is 1. The van der Waals surface area contributed by atoms with E-state index in [0.29, 0.717) is 24.8 Å². The third-order valence-electron chi connectivity index (χ3n) is 6.32. The summed E-state index contributed by atoms with van der Waals surface area (Å²) in [6.07, 6.45) is 7.50. The van der Waals surface area contributed by atoms with E-state index >= 15 is 0 Å². The zero-order chi connectivity index (χ0) is 22.1. The van der Waals surface area contributed by atoms with Crippen LogP contribution >= 0.6 is 11.6 Å². The van der Waals surface area contributed by atoms with Crippen molar-refractivity contribution in [1.82, 2.24) is 25.5 Å². The second-order valence-corrected chi connectivity index (χ2v) is 9.10. The van der Waals surface area contributed by atoms with Crippen molar-refractivity contribution in [3.8, 4) is 11.3 Å². The molecule has 9 heteroatoms. The fourth-order valence-corrected chi connectivity index (χ4v) is 5.00. The van der Waals surface area contributed by atoms with E-state index in [1.54, 1.807) is 12.3 Å². The lowest BCUT2D eigenvalue weighted by Gasteiger charge is -2.43. The number of fused-ring (bicyclic) bond motifs is 3. The van der Waals surface area contributed by atoms with Crippen molar-refractivity contribution in [3.05, 3.63) is 64.4 Å². The molecule has 32 heavy (non-hydrogen) atoms. The molecule has 0 aromatic carbocycles. The van der Waals surface area contributed by atoms with Crippen molar-refractivity contribution >= 4 is 17.4 Å². The van der Waals surface area contributed by atoms with Gasteiger partial charge in [0.15, 0.2) is 6.29 Å². The first-order valence-electron chi connectivity index (χ1n) is 11.2. The zero-order valence-corrected chi connectivity index (χ0v) is 18.9. The Morgan fingerprint density at radius 3 is 2.91 bits per heavy atom. The maximum Gasteiger partial charge on any atom is 0.175 e. The average Bonchev–Trinajstić information content (AvgIpc) is 3.19. The van der Waals surface area contributed by atoms with Crippen LogP contribution in [0, 0.1) is 5.21 Å². The smallest absolute Gasteiger partial charge is 0.175 e. The minimum atomic E-state index is -0.302. The minimum Gasteiger partial charge on any atom is -0.632 e. The maximum absolute atomic E-state index is 14.0. The van der Waals surface area contributed by atoms with Gasteiger partial charge >= 0.3 is 0 Å². The van der Waals surface area contributed by atoms with Gasteiger partial charge in [0.05, 0.1) is 23.9 Å². The summed E-state index contributed by atoms with van der Waals surface area (Å²) in [4.78, 5) is 15.9.